The Morgan fingerprint density at radius 2 is 0.655 bits per heavy atom. The van der Waals surface area contributed by atoms with Crippen molar-refractivity contribution in [1.29, 1.82) is 0 Å². The Morgan fingerprint density at radius 1 is 0.291 bits per heavy atom. The van der Waals surface area contributed by atoms with E-state index in [9.17, 15) is 0 Å². The van der Waals surface area contributed by atoms with Gasteiger partial charge in [0.2, 0.25) is 0 Å². The van der Waals surface area contributed by atoms with Crippen molar-refractivity contribution >= 4 is 16.3 Å². The first kappa shape index (κ1) is 32.2. The maximum atomic E-state index is 5.50. The number of benzene rings is 7. The minimum absolute atomic E-state index is 0.620. The van der Waals surface area contributed by atoms with Gasteiger partial charge in [0, 0.05) is 44.3 Å². The fraction of sp³-hybridized carbons (Fsp3) is 0. The molecule has 0 saturated carbocycles. The van der Waals surface area contributed by atoms with Crippen LogP contribution in [0.25, 0.3) is 95.2 Å². The van der Waals surface area contributed by atoms with Crippen LogP contribution in [0, 0.1) is 0 Å². The maximum absolute atomic E-state index is 5.50. The van der Waals surface area contributed by atoms with Crippen molar-refractivity contribution in [1.82, 2.24) is 24.6 Å². The van der Waals surface area contributed by atoms with E-state index in [1.807, 2.05) is 60.7 Å². The van der Waals surface area contributed by atoms with Gasteiger partial charge in [0.25, 0.3) is 0 Å². The second-order valence-electron chi connectivity index (χ2n) is 13.5. The largest absolute Gasteiger partial charge is 0.231 e. The Hall–Kier alpha value is -7.50. The van der Waals surface area contributed by atoms with Gasteiger partial charge in [-0.1, -0.05) is 200 Å². The molecule has 0 bridgehead atoms. The Bertz CT molecular complexity index is 2870. The first-order valence-electron chi connectivity index (χ1n) is 18.4. The zero-order valence-corrected chi connectivity index (χ0v) is 29.8. The summed E-state index contributed by atoms with van der Waals surface area (Å²) in [5, 5.41) is 7.78. The van der Waals surface area contributed by atoms with Gasteiger partial charge >= 0.3 is 0 Å². The first-order chi connectivity index (χ1) is 27.3. The normalized spacial score (nSPS) is 11.3. The number of rotatable bonds is 7. The van der Waals surface area contributed by atoms with Gasteiger partial charge in [0.15, 0.2) is 17.5 Å². The highest BCUT2D eigenvalue weighted by Crippen LogP contribution is 2.45. The van der Waals surface area contributed by atoms with Crippen molar-refractivity contribution in [3.8, 4) is 78.9 Å². The molecule has 0 spiro atoms. The van der Waals surface area contributed by atoms with E-state index in [1.54, 1.807) is 0 Å². The summed E-state index contributed by atoms with van der Waals surface area (Å²) in [6.07, 6.45) is 0. The Kier molecular flexibility index (Phi) is 8.08. The third kappa shape index (κ3) is 5.85. The molecule has 0 fully saturated rings. The Balaban J connectivity index is 1.22. The van der Waals surface area contributed by atoms with E-state index >= 15 is 0 Å². The molecule has 0 aliphatic rings. The van der Waals surface area contributed by atoms with E-state index in [-0.39, 0.29) is 0 Å². The summed E-state index contributed by atoms with van der Waals surface area (Å²) in [7, 11) is 0. The van der Waals surface area contributed by atoms with Crippen LogP contribution in [0.4, 0.5) is 0 Å². The Morgan fingerprint density at radius 3 is 1.16 bits per heavy atom. The fourth-order valence-corrected chi connectivity index (χ4v) is 7.52. The second-order valence-corrected chi connectivity index (χ2v) is 13.5. The third-order valence-electron chi connectivity index (χ3n) is 10.1. The fourth-order valence-electron chi connectivity index (χ4n) is 7.52. The van der Waals surface area contributed by atoms with Crippen molar-refractivity contribution < 1.29 is 0 Å². The van der Waals surface area contributed by atoms with E-state index in [0.29, 0.717) is 17.5 Å². The molecule has 3 aromatic heterocycles. The van der Waals surface area contributed by atoms with Crippen LogP contribution in [0.2, 0.25) is 0 Å². The monoisotopic (exact) mass is 703 g/mol. The van der Waals surface area contributed by atoms with Gasteiger partial charge in [-0.2, -0.15) is 5.10 Å². The predicted molar refractivity (Wildman–Crippen MR) is 224 cm³/mol. The lowest BCUT2D eigenvalue weighted by Crippen LogP contribution is -2.01. The highest BCUT2D eigenvalue weighted by molar-refractivity contribution is 6.14. The van der Waals surface area contributed by atoms with Gasteiger partial charge in [0.1, 0.15) is 5.69 Å². The number of hydrogen-bond acceptors (Lipinski definition) is 4. The molecule has 0 radical (unpaired) electrons. The molecule has 0 atom stereocenters. The molecule has 0 aliphatic heterocycles. The predicted octanol–water partition coefficient (Wildman–Crippen LogP) is 12.3. The van der Waals surface area contributed by atoms with Crippen molar-refractivity contribution in [3.63, 3.8) is 0 Å². The summed E-state index contributed by atoms with van der Waals surface area (Å²) in [5.74, 6) is 1.90. The number of hydrogen-bond donors (Lipinski definition) is 0. The van der Waals surface area contributed by atoms with Crippen molar-refractivity contribution in [2.75, 3.05) is 0 Å². The minimum Gasteiger partial charge on any atom is -0.231 e. The minimum atomic E-state index is 0.620. The van der Waals surface area contributed by atoms with Crippen LogP contribution in [0.1, 0.15) is 0 Å². The number of nitrogens with zero attached hydrogens (tertiary/aromatic N) is 5. The topological polar surface area (TPSA) is 56.0 Å². The van der Waals surface area contributed by atoms with Crippen LogP contribution in [0.5, 0.6) is 0 Å². The van der Waals surface area contributed by atoms with Crippen LogP contribution in [-0.2, 0) is 0 Å². The molecular weight excluding hydrogens is 671 g/mol. The van der Waals surface area contributed by atoms with Crippen LogP contribution in [0.3, 0.4) is 0 Å². The maximum Gasteiger partial charge on any atom is 0.164 e. The molecule has 0 amide bonds. The zero-order valence-electron chi connectivity index (χ0n) is 29.8. The molecule has 5 nitrogen and oxygen atoms in total. The lowest BCUT2D eigenvalue weighted by Gasteiger charge is -2.18. The van der Waals surface area contributed by atoms with E-state index in [1.165, 1.54) is 0 Å². The molecule has 10 aromatic rings. The summed E-state index contributed by atoms with van der Waals surface area (Å²) in [5.41, 5.74) is 12.4. The highest BCUT2D eigenvalue weighted by atomic mass is 15.2. The van der Waals surface area contributed by atoms with Crippen molar-refractivity contribution in [2.24, 2.45) is 0 Å². The Labute approximate surface area is 318 Å². The summed E-state index contributed by atoms with van der Waals surface area (Å²) >= 11 is 0. The number of fused-ring (bicyclic) bond motifs is 3. The van der Waals surface area contributed by atoms with Gasteiger partial charge in [-0.25, -0.2) is 19.5 Å². The summed E-state index contributed by atoms with van der Waals surface area (Å²) in [4.78, 5) is 14.9. The van der Waals surface area contributed by atoms with Crippen LogP contribution in [0.15, 0.2) is 200 Å². The van der Waals surface area contributed by atoms with Crippen LogP contribution < -0.4 is 0 Å². The summed E-state index contributed by atoms with van der Waals surface area (Å²) in [6.45, 7) is 0. The molecule has 3 heterocycles. The van der Waals surface area contributed by atoms with Gasteiger partial charge < -0.3 is 0 Å². The quantitative estimate of drug-likeness (QED) is 0.166. The third-order valence-corrected chi connectivity index (χ3v) is 10.1. The average molecular weight is 704 g/mol. The van der Waals surface area contributed by atoms with Crippen LogP contribution in [-0.4, -0.2) is 24.6 Å². The van der Waals surface area contributed by atoms with E-state index < -0.39 is 0 Å². The molecule has 55 heavy (non-hydrogen) atoms. The molecule has 7 aromatic carbocycles. The van der Waals surface area contributed by atoms with Gasteiger partial charge in [-0.15, -0.1) is 0 Å². The molecule has 10 rings (SSSR count). The second kappa shape index (κ2) is 13.8. The lowest BCUT2D eigenvalue weighted by atomic mass is 9.91. The number of pyridine rings is 1. The molecule has 5 heteroatoms. The molecular formula is C50H33N5. The molecule has 0 N–H and O–H groups in total. The highest BCUT2D eigenvalue weighted by Gasteiger charge is 2.25. The molecule has 0 aliphatic carbocycles. The van der Waals surface area contributed by atoms with Crippen molar-refractivity contribution in [3.05, 3.63) is 200 Å². The first-order valence-corrected chi connectivity index (χ1v) is 18.4. The summed E-state index contributed by atoms with van der Waals surface area (Å²) in [6, 6.07) is 69.2. The number of aromatic nitrogens is 5. The van der Waals surface area contributed by atoms with Gasteiger partial charge in [-0.05, 0) is 16.5 Å². The molecule has 258 valence electrons. The lowest BCUT2D eigenvalue weighted by molar-refractivity contribution is 0.981. The zero-order chi connectivity index (χ0) is 36.6. The molecule has 0 unspecified atom stereocenters. The van der Waals surface area contributed by atoms with E-state index in [2.05, 4.69) is 144 Å². The SMILES string of the molecule is c1ccc(-c2nc(-c3ccccc3)nc(-c3ccc(-c4c(-c5ccccc5)n5nc(-c6ccccc6)c(-c6ccccc6)c5c5ccccc45)cc3)n2)cc1. The van der Waals surface area contributed by atoms with E-state index in [4.69, 9.17) is 20.1 Å². The standard InChI is InChI=1S/C50H33N5/c1-6-18-34(19-7-1)44-45(36-20-8-2-9-21-36)54-55-46(37-22-10-3-11-23-37)43(41-28-16-17-29-42(41)47(44)55)35-30-32-40(33-31-35)50-52-48(38-24-12-4-13-25-38)51-49(53-50)39-26-14-5-15-27-39/h1-33H. The van der Waals surface area contributed by atoms with Crippen LogP contribution >= 0.6 is 0 Å². The van der Waals surface area contributed by atoms with Gasteiger partial charge in [0.05, 0.1) is 11.2 Å². The average Bonchev–Trinajstić information content (AvgIpc) is 3.68. The molecule has 0 saturated heterocycles. The van der Waals surface area contributed by atoms with E-state index in [0.717, 1.165) is 77.7 Å². The van der Waals surface area contributed by atoms with Gasteiger partial charge in [-0.3, -0.25) is 0 Å². The summed E-state index contributed by atoms with van der Waals surface area (Å²) < 4.78 is 2.18. The smallest absolute Gasteiger partial charge is 0.164 e. The van der Waals surface area contributed by atoms with Crippen molar-refractivity contribution in [2.45, 2.75) is 0 Å².